The topological polar surface area (TPSA) is 82.6 Å². The van der Waals surface area contributed by atoms with E-state index in [0.717, 1.165) is 74.7 Å². The number of benzene rings is 1. The van der Waals surface area contributed by atoms with Gasteiger partial charge in [-0.25, -0.2) is 9.97 Å². The molecule has 0 bridgehead atoms. The molecule has 2 saturated heterocycles. The van der Waals surface area contributed by atoms with Crippen molar-refractivity contribution in [3.8, 4) is 22.9 Å². The third-order valence-electron chi connectivity index (χ3n) is 7.77. The molecule has 2 N–H and O–H groups in total. The molecular formula is C31H38Cl2N6O2. The third-order valence-corrected chi connectivity index (χ3v) is 8.21. The molecule has 218 valence electrons. The average molecular weight is 598 g/mol. The highest BCUT2D eigenvalue weighted by Crippen LogP contribution is 2.31. The van der Waals surface area contributed by atoms with Crippen LogP contribution in [0, 0.1) is 5.92 Å². The monoisotopic (exact) mass is 596 g/mol. The number of amides is 1. The first-order valence-electron chi connectivity index (χ1n) is 14.3. The highest BCUT2D eigenvalue weighted by molar-refractivity contribution is 6.35. The van der Waals surface area contributed by atoms with Gasteiger partial charge in [-0.2, -0.15) is 0 Å². The summed E-state index contributed by atoms with van der Waals surface area (Å²) in [6.07, 6.45) is 3.86. The lowest BCUT2D eigenvalue weighted by molar-refractivity contribution is -0.119. The molecule has 8 nitrogen and oxygen atoms in total. The van der Waals surface area contributed by atoms with Crippen LogP contribution in [0.15, 0.2) is 48.7 Å². The van der Waals surface area contributed by atoms with Crippen LogP contribution in [0.25, 0.3) is 11.3 Å². The van der Waals surface area contributed by atoms with Crippen LogP contribution < -0.4 is 20.3 Å². The van der Waals surface area contributed by atoms with Gasteiger partial charge in [0.25, 0.3) is 0 Å². The summed E-state index contributed by atoms with van der Waals surface area (Å²) in [6, 6.07) is 14.3. The molecule has 2 atom stereocenters. The standard InChI is InChI=1S/C31H38Cl2N6O2/c1-20-18-39(21(2)15-34-20)30-5-4-28(17-36-30)41-31-11-24(10-29(37-31)25-12-26(32)14-27(33)13-25)19-38-8-6-23(7-9-38)16-35-22(3)40/h4-5,10-14,17,20-21,23,34H,6-9,15-16,18-19H2,1-3H3,(H,35,40)/t20-,21-/m0/s1. The normalized spacial score (nSPS) is 20.2. The highest BCUT2D eigenvalue weighted by atomic mass is 35.5. The summed E-state index contributed by atoms with van der Waals surface area (Å²) < 4.78 is 6.26. The number of rotatable bonds is 8. The van der Waals surface area contributed by atoms with E-state index >= 15 is 0 Å². The van der Waals surface area contributed by atoms with Gasteiger partial charge >= 0.3 is 0 Å². The summed E-state index contributed by atoms with van der Waals surface area (Å²) in [7, 11) is 0. The SMILES string of the molecule is CC(=O)NCC1CCN(Cc2cc(Oc3ccc(N4C[C@H](C)NC[C@@H]4C)nc3)nc(-c3cc(Cl)cc(Cl)c3)c2)CC1. The zero-order valence-electron chi connectivity index (χ0n) is 23.9. The molecular weight excluding hydrogens is 559 g/mol. The molecule has 2 fully saturated rings. The number of ether oxygens (including phenoxy) is 1. The molecule has 4 heterocycles. The summed E-state index contributed by atoms with van der Waals surface area (Å²) in [6.45, 7) is 11.3. The number of hydrogen-bond acceptors (Lipinski definition) is 7. The number of nitrogens with zero attached hydrogens (tertiary/aromatic N) is 4. The Labute approximate surface area is 252 Å². The quantitative estimate of drug-likeness (QED) is 0.341. The largest absolute Gasteiger partial charge is 0.437 e. The van der Waals surface area contributed by atoms with Crippen LogP contribution in [0.2, 0.25) is 10.0 Å². The second-order valence-electron chi connectivity index (χ2n) is 11.3. The minimum Gasteiger partial charge on any atom is -0.437 e. The molecule has 3 aromatic rings. The number of hydrogen-bond donors (Lipinski definition) is 2. The van der Waals surface area contributed by atoms with Crippen LogP contribution in [0.1, 0.15) is 39.2 Å². The minimum absolute atomic E-state index is 0.0307. The first-order chi connectivity index (χ1) is 19.7. The van der Waals surface area contributed by atoms with E-state index in [0.29, 0.717) is 39.7 Å². The van der Waals surface area contributed by atoms with Crippen LogP contribution in [-0.2, 0) is 11.3 Å². The van der Waals surface area contributed by atoms with E-state index in [1.54, 1.807) is 19.2 Å². The fraction of sp³-hybridized carbons (Fsp3) is 0.452. The molecule has 0 spiro atoms. The summed E-state index contributed by atoms with van der Waals surface area (Å²) >= 11 is 12.7. The Balaban J connectivity index is 1.34. The maximum atomic E-state index is 11.3. The Bertz CT molecular complexity index is 1330. The van der Waals surface area contributed by atoms with Crippen LogP contribution in [0.4, 0.5) is 5.82 Å². The molecule has 2 aliphatic rings. The maximum absolute atomic E-state index is 11.3. The summed E-state index contributed by atoms with van der Waals surface area (Å²) in [5.41, 5.74) is 2.67. The van der Waals surface area contributed by atoms with Crippen molar-refractivity contribution in [3.63, 3.8) is 0 Å². The van der Waals surface area contributed by atoms with E-state index in [2.05, 4.69) is 40.3 Å². The first kappa shape index (κ1) is 29.6. The lowest BCUT2D eigenvalue weighted by Gasteiger charge is -2.38. The average Bonchev–Trinajstić information content (AvgIpc) is 2.94. The van der Waals surface area contributed by atoms with Gasteiger partial charge in [0.2, 0.25) is 11.8 Å². The second kappa shape index (κ2) is 13.4. The molecule has 0 radical (unpaired) electrons. The fourth-order valence-electron chi connectivity index (χ4n) is 5.51. The van der Waals surface area contributed by atoms with Crippen molar-refractivity contribution in [3.05, 3.63) is 64.3 Å². The Morgan fingerprint density at radius 1 is 1.10 bits per heavy atom. The van der Waals surface area contributed by atoms with Crippen molar-refractivity contribution in [1.82, 2.24) is 25.5 Å². The minimum atomic E-state index is 0.0307. The van der Waals surface area contributed by atoms with Crippen molar-refractivity contribution in [2.24, 2.45) is 5.92 Å². The number of anilines is 1. The lowest BCUT2D eigenvalue weighted by atomic mass is 9.96. The number of nitrogens with one attached hydrogen (secondary N) is 2. The smallest absolute Gasteiger partial charge is 0.220 e. The zero-order valence-corrected chi connectivity index (χ0v) is 25.4. The molecule has 1 amide bonds. The van der Waals surface area contributed by atoms with Gasteiger partial charge < -0.3 is 20.3 Å². The van der Waals surface area contributed by atoms with Gasteiger partial charge in [-0.15, -0.1) is 0 Å². The lowest BCUT2D eigenvalue weighted by Crippen LogP contribution is -2.54. The zero-order chi connectivity index (χ0) is 28.9. The Morgan fingerprint density at radius 3 is 2.54 bits per heavy atom. The number of pyridine rings is 2. The van der Waals surface area contributed by atoms with Gasteiger partial charge in [0, 0.05) is 66.9 Å². The number of likely N-dealkylation sites (tertiary alicyclic amines) is 1. The third kappa shape index (κ3) is 8.10. The highest BCUT2D eigenvalue weighted by Gasteiger charge is 2.24. The van der Waals surface area contributed by atoms with Gasteiger partial charge in [0.05, 0.1) is 11.9 Å². The van der Waals surface area contributed by atoms with Gasteiger partial charge in [0.15, 0.2) is 0 Å². The Morgan fingerprint density at radius 2 is 1.85 bits per heavy atom. The number of aromatic nitrogens is 2. The number of halogens is 2. The van der Waals surface area contributed by atoms with Crippen molar-refractivity contribution >= 4 is 34.9 Å². The second-order valence-corrected chi connectivity index (χ2v) is 12.2. The molecule has 0 unspecified atom stereocenters. The van der Waals surface area contributed by atoms with Crippen molar-refractivity contribution in [2.75, 3.05) is 37.6 Å². The molecule has 5 rings (SSSR count). The predicted octanol–water partition coefficient (Wildman–Crippen LogP) is 5.78. The first-order valence-corrected chi connectivity index (χ1v) is 15.1. The number of piperazine rings is 1. The van der Waals surface area contributed by atoms with E-state index in [1.165, 1.54) is 0 Å². The van der Waals surface area contributed by atoms with Crippen molar-refractivity contribution in [2.45, 2.75) is 52.2 Å². The maximum Gasteiger partial charge on any atom is 0.220 e. The van der Waals surface area contributed by atoms with Gasteiger partial charge in [-0.05, 0) is 87.7 Å². The van der Waals surface area contributed by atoms with Gasteiger partial charge in [-0.1, -0.05) is 23.2 Å². The van der Waals surface area contributed by atoms with Crippen LogP contribution in [0.3, 0.4) is 0 Å². The fourth-order valence-corrected chi connectivity index (χ4v) is 6.04. The van der Waals surface area contributed by atoms with Crippen LogP contribution in [-0.4, -0.2) is 65.6 Å². The number of carbonyl (C=O) groups excluding carboxylic acids is 1. The Kier molecular flexibility index (Phi) is 9.65. The molecule has 41 heavy (non-hydrogen) atoms. The van der Waals surface area contributed by atoms with Crippen molar-refractivity contribution < 1.29 is 9.53 Å². The predicted molar refractivity (Wildman–Crippen MR) is 165 cm³/mol. The molecule has 2 aliphatic heterocycles. The van der Waals surface area contributed by atoms with E-state index in [-0.39, 0.29) is 5.91 Å². The van der Waals surface area contributed by atoms with Crippen LogP contribution >= 0.6 is 23.2 Å². The molecule has 1 aromatic carbocycles. The number of carbonyl (C=O) groups is 1. The van der Waals surface area contributed by atoms with Crippen LogP contribution in [0.5, 0.6) is 11.6 Å². The van der Waals surface area contributed by atoms with E-state index in [9.17, 15) is 4.79 Å². The summed E-state index contributed by atoms with van der Waals surface area (Å²) in [4.78, 5) is 25.6. The van der Waals surface area contributed by atoms with E-state index in [1.807, 2.05) is 30.3 Å². The number of piperidine rings is 1. The summed E-state index contributed by atoms with van der Waals surface area (Å²) in [5, 5.41) is 7.58. The van der Waals surface area contributed by atoms with E-state index in [4.69, 9.17) is 37.9 Å². The van der Waals surface area contributed by atoms with E-state index < -0.39 is 0 Å². The van der Waals surface area contributed by atoms with Crippen molar-refractivity contribution in [1.29, 1.82) is 0 Å². The summed E-state index contributed by atoms with van der Waals surface area (Å²) in [5.74, 6) is 2.61. The molecule has 2 aromatic heterocycles. The molecule has 10 heteroatoms. The molecule has 0 saturated carbocycles. The van der Waals surface area contributed by atoms with Gasteiger partial charge in [0.1, 0.15) is 11.6 Å². The Hall–Kier alpha value is -2.91. The molecule has 0 aliphatic carbocycles. The van der Waals surface area contributed by atoms with Gasteiger partial charge in [-0.3, -0.25) is 9.69 Å².